The maximum absolute atomic E-state index is 12.1. The van der Waals surface area contributed by atoms with Crippen molar-refractivity contribution in [2.45, 2.75) is 107 Å². The molecule has 0 unspecified atom stereocenters. The number of halogens is 2. The Morgan fingerprint density at radius 1 is 0.765 bits per heavy atom. The summed E-state index contributed by atoms with van der Waals surface area (Å²) in [6, 6.07) is 0. The second kappa shape index (κ2) is 15.4. The van der Waals surface area contributed by atoms with Crippen molar-refractivity contribution in [3.63, 3.8) is 0 Å². The molecule has 0 spiro atoms. The first kappa shape index (κ1) is 36.3. The highest BCUT2D eigenvalue weighted by Crippen LogP contribution is 2.45. The first-order valence-electron chi connectivity index (χ1n) is 12.3. The summed E-state index contributed by atoms with van der Waals surface area (Å²) >= 11 is 0. The predicted octanol–water partition coefficient (Wildman–Crippen LogP) is 7.41. The molecule has 8 heteroatoms. The van der Waals surface area contributed by atoms with Gasteiger partial charge in [-0.25, -0.2) is 14.8 Å². The molecule has 0 atom stereocenters. The fourth-order valence-corrected chi connectivity index (χ4v) is 3.51. The van der Waals surface area contributed by atoms with Gasteiger partial charge in [-0.15, -0.1) is 48.0 Å². The number of carboxylic acids is 1. The van der Waals surface area contributed by atoms with Gasteiger partial charge in [-0.2, -0.15) is 0 Å². The number of aliphatic imine (C=N–C) groups is 2. The van der Waals surface area contributed by atoms with E-state index in [1.54, 1.807) is 0 Å². The van der Waals surface area contributed by atoms with Crippen molar-refractivity contribution in [2.75, 3.05) is 26.4 Å². The van der Waals surface area contributed by atoms with Gasteiger partial charge in [0.15, 0.2) is 0 Å². The summed E-state index contributed by atoms with van der Waals surface area (Å²) in [5.41, 5.74) is -0.657. The Morgan fingerprint density at radius 3 is 1.21 bits per heavy atom. The lowest BCUT2D eigenvalue weighted by Gasteiger charge is -2.32. The summed E-state index contributed by atoms with van der Waals surface area (Å²) in [7, 11) is 0. The molecule has 2 fully saturated rings. The third-order valence-electron chi connectivity index (χ3n) is 6.82. The highest BCUT2D eigenvalue weighted by atomic mass is 127. The largest absolute Gasteiger partial charge is 0.478 e. The first-order valence-corrected chi connectivity index (χ1v) is 12.3. The van der Waals surface area contributed by atoms with Crippen molar-refractivity contribution in [1.82, 2.24) is 0 Å². The molecule has 3 rings (SSSR count). The lowest BCUT2D eigenvalue weighted by molar-refractivity contribution is -0.146. The summed E-state index contributed by atoms with van der Waals surface area (Å²) < 4.78 is 9.89. The minimum Gasteiger partial charge on any atom is -0.478 e. The SMILES string of the molecule is C1CCOC1.C1CCOC1.CCC(C)(C)C1=NC(C(=O)O)(C(C)(C)C)N=C1C(C)(C)CC.I.I. The normalized spacial score (nSPS) is 19.3. The van der Waals surface area contributed by atoms with E-state index in [1.165, 1.54) is 25.7 Å². The fraction of sp³-hybridized carbons (Fsp3) is 0.885. The molecular formula is C26H50I2N2O4. The Labute approximate surface area is 242 Å². The Hall–Kier alpha value is 0.190. The zero-order chi connectivity index (χ0) is 24.6. The van der Waals surface area contributed by atoms with Crippen LogP contribution in [-0.4, -0.2) is 54.6 Å². The van der Waals surface area contributed by atoms with Crippen LogP contribution in [0.4, 0.5) is 0 Å². The highest BCUT2D eigenvalue weighted by Gasteiger charge is 2.55. The molecule has 0 amide bonds. The second-order valence-corrected chi connectivity index (χ2v) is 11.3. The van der Waals surface area contributed by atoms with Crippen LogP contribution >= 0.6 is 48.0 Å². The summed E-state index contributed by atoms with van der Waals surface area (Å²) in [5.74, 6) is -0.966. The Bertz CT molecular complexity index is 618. The number of aliphatic carboxylic acids is 1. The van der Waals surface area contributed by atoms with E-state index < -0.39 is 17.0 Å². The van der Waals surface area contributed by atoms with Crippen molar-refractivity contribution < 1.29 is 19.4 Å². The zero-order valence-corrected chi connectivity index (χ0v) is 27.6. The molecule has 1 N–H and O–H groups in total. The van der Waals surface area contributed by atoms with Gasteiger partial charge in [-0.05, 0) is 38.5 Å². The minimum absolute atomic E-state index is 0. The number of carboxylic acid groups (broad SMARTS) is 1. The fourth-order valence-electron chi connectivity index (χ4n) is 3.51. The molecule has 0 bridgehead atoms. The van der Waals surface area contributed by atoms with Crippen LogP contribution in [0.5, 0.6) is 0 Å². The summed E-state index contributed by atoms with van der Waals surface area (Å²) in [4.78, 5) is 21.6. The van der Waals surface area contributed by atoms with Crippen LogP contribution in [0.15, 0.2) is 9.98 Å². The number of hydrogen-bond acceptors (Lipinski definition) is 5. The van der Waals surface area contributed by atoms with Crippen LogP contribution in [0, 0.1) is 16.2 Å². The number of hydrogen-bond donors (Lipinski definition) is 1. The molecule has 2 saturated heterocycles. The van der Waals surface area contributed by atoms with Gasteiger partial charge in [0.05, 0.1) is 11.4 Å². The van der Waals surface area contributed by atoms with Crippen molar-refractivity contribution in [3.05, 3.63) is 0 Å². The number of nitrogens with zero attached hydrogens (tertiary/aromatic N) is 2. The van der Waals surface area contributed by atoms with Crippen LogP contribution in [0.3, 0.4) is 0 Å². The van der Waals surface area contributed by atoms with Crippen LogP contribution in [-0.2, 0) is 14.3 Å². The topological polar surface area (TPSA) is 80.5 Å². The molecule has 0 radical (unpaired) electrons. The predicted molar refractivity (Wildman–Crippen MR) is 164 cm³/mol. The average molecular weight is 709 g/mol. The number of carbonyl (C=O) groups is 1. The van der Waals surface area contributed by atoms with Gasteiger partial charge in [0.25, 0.3) is 5.66 Å². The smallest absolute Gasteiger partial charge is 0.354 e. The molecule has 3 aliphatic rings. The molecule has 3 aliphatic heterocycles. The second-order valence-electron chi connectivity index (χ2n) is 11.3. The Balaban J connectivity index is 0. The van der Waals surface area contributed by atoms with E-state index >= 15 is 0 Å². The van der Waals surface area contributed by atoms with Crippen LogP contribution in [0.1, 0.15) is 101 Å². The monoisotopic (exact) mass is 708 g/mol. The average Bonchev–Trinajstić information content (AvgIpc) is 3.51. The van der Waals surface area contributed by atoms with Gasteiger partial charge in [0, 0.05) is 42.7 Å². The minimum atomic E-state index is -1.42. The standard InChI is InChI=1S/C18H32N2O2.2C4H8O.2HI/c1-10-16(6,7)12-13(17(8,9)11-2)20-18(19-12,14(21)22)15(3,4)5;2*1-2-4-5-3-1;;/h10-11H2,1-9H3,(H,21,22);2*1-4H2;2*1H. The molecule has 3 heterocycles. The van der Waals surface area contributed by atoms with Gasteiger partial charge in [0.1, 0.15) is 0 Å². The third-order valence-corrected chi connectivity index (χ3v) is 6.82. The molecule has 34 heavy (non-hydrogen) atoms. The van der Waals surface area contributed by atoms with Gasteiger partial charge in [-0.3, -0.25) is 0 Å². The van der Waals surface area contributed by atoms with E-state index in [2.05, 4.69) is 41.5 Å². The first-order chi connectivity index (χ1) is 14.7. The molecule has 0 aromatic rings. The number of ether oxygens (including phenoxy) is 2. The Kier molecular flexibility index (Phi) is 16.5. The van der Waals surface area contributed by atoms with Gasteiger partial charge in [-0.1, -0.05) is 62.3 Å². The lowest BCUT2D eigenvalue weighted by atomic mass is 9.73. The summed E-state index contributed by atoms with van der Waals surface area (Å²) in [6.45, 7) is 22.4. The van der Waals surface area contributed by atoms with E-state index in [-0.39, 0.29) is 58.8 Å². The van der Waals surface area contributed by atoms with Gasteiger partial charge < -0.3 is 14.6 Å². The molecular weight excluding hydrogens is 658 g/mol. The maximum Gasteiger partial charge on any atom is 0.354 e. The molecule has 6 nitrogen and oxygen atoms in total. The molecule has 0 aromatic heterocycles. The maximum atomic E-state index is 12.1. The van der Waals surface area contributed by atoms with E-state index in [9.17, 15) is 9.90 Å². The van der Waals surface area contributed by atoms with Crippen LogP contribution in [0.25, 0.3) is 0 Å². The van der Waals surface area contributed by atoms with E-state index in [0.717, 1.165) is 50.7 Å². The van der Waals surface area contributed by atoms with Crippen LogP contribution in [0.2, 0.25) is 0 Å². The quantitative estimate of drug-likeness (QED) is 0.302. The van der Waals surface area contributed by atoms with Crippen LogP contribution < -0.4 is 0 Å². The van der Waals surface area contributed by atoms with E-state index in [4.69, 9.17) is 19.5 Å². The molecule has 0 aromatic carbocycles. The molecule has 202 valence electrons. The zero-order valence-electron chi connectivity index (χ0n) is 23.0. The highest BCUT2D eigenvalue weighted by molar-refractivity contribution is 14.0. The van der Waals surface area contributed by atoms with E-state index in [1.807, 2.05) is 20.8 Å². The molecule has 0 aliphatic carbocycles. The van der Waals surface area contributed by atoms with Crippen molar-refractivity contribution >= 4 is 65.3 Å². The van der Waals surface area contributed by atoms with Gasteiger partial charge >= 0.3 is 5.97 Å². The van der Waals surface area contributed by atoms with Crippen molar-refractivity contribution in [1.29, 1.82) is 0 Å². The molecule has 0 saturated carbocycles. The third kappa shape index (κ3) is 9.57. The van der Waals surface area contributed by atoms with E-state index in [0.29, 0.717) is 0 Å². The summed E-state index contributed by atoms with van der Waals surface area (Å²) in [5, 5.41) is 9.90. The Morgan fingerprint density at radius 2 is 1.06 bits per heavy atom. The van der Waals surface area contributed by atoms with Gasteiger partial charge in [0.2, 0.25) is 0 Å². The lowest BCUT2D eigenvalue weighted by Crippen LogP contribution is -2.46. The summed E-state index contributed by atoms with van der Waals surface area (Å²) in [6.07, 6.45) is 6.90. The van der Waals surface area contributed by atoms with Crippen molar-refractivity contribution in [2.24, 2.45) is 26.2 Å². The van der Waals surface area contributed by atoms with Crippen molar-refractivity contribution in [3.8, 4) is 0 Å². The number of rotatable bonds is 5.